The number of piperidine rings is 1. The molecule has 0 atom stereocenters. The first-order valence-corrected chi connectivity index (χ1v) is 18.3. The van der Waals surface area contributed by atoms with Gasteiger partial charge in [0.2, 0.25) is 0 Å². The highest BCUT2D eigenvalue weighted by Gasteiger charge is 2.08. The van der Waals surface area contributed by atoms with Gasteiger partial charge < -0.3 is 15.4 Å². The minimum absolute atomic E-state index is 0.250. The summed E-state index contributed by atoms with van der Waals surface area (Å²) >= 11 is 5.29. The molecule has 1 aliphatic rings. The molecule has 48 heavy (non-hydrogen) atoms. The summed E-state index contributed by atoms with van der Waals surface area (Å²) in [5, 5.41) is 14.7. The maximum Gasteiger partial charge on any atom is 0.290 e. The SMILES string of the molecule is C#C.C/C=C(\C)C/C(C=C(C)C)=C/C(F)=C/Cl.C=C(CC)C(=N)CCCCCCCN1CCCCC1.C=CCC.CC.CCC.O=CO. The van der Waals surface area contributed by atoms with Gasteiger partial charge in [0.05, 0.1) is 0 Å². The molecule has 2 N–H and O–H groups in total. The highest BCUT2D eigenvalue weighted by atomic mass is 35.5. The summed E-state index contributed by atoms with van der Waals surface area (Å²) in [5.41, 5.74) is 6.03. The van der Waals surface area contributed by atoms with Crippen LogP contribution in [0.2, 0.25) is 0 Å². The van der Waals surface area contributed by atoms with Crippen LogP contribution in [-0.2, 0) is 4.79 Å². The van der Waals surface area contributed by atoms with Crippen molar-refractivity contribution >= 4 is 23.8 Å². The number of nitrogens with one attached hydrogen (secondary N) is 1. The van der Waals surface area contributed by atoms with Gasteiger partial charge in [0.15, 0.2) is 0 Å². The maximum absolute atomic E-state index is 13.0. The van der Waals surface area contributed by atoms with Crippen molar-refractivity contribution in [2.45, 2.75) is 153 Å². The highest BCUT2D eigenvalue weighted by Crippen LogP contribution is 2.17. The zero-order valence-corrected chi connectivity index (χ0v) is 33.7. The van der Waals surface area contributed by atoms with Gasteiger partial charge in [-0.1, -0.05) is 121 Å². The number of hydrogen-bond acceptors (Lipinski definition) is 3. The molecule has 0 aromatic rings. The Kier molecular flexibility index (Phi) is 61.4. The molecule has 0 bridgehead atoms. The first-order valence-electron chi connectivity index (χ1n) is 17.9. The van der Waals surface area contributed by atoms with Crippen LogP contribution >= 0.6 is 11.6 Å². The topological polar surface area (TPSA) is 64.4 Å². The molecular formula is C42H76ClFN2O2. The molecule has 0 amide bonds. The second-order valence-electron chi connectivity index (χ2n) is 11.1. The second-order valence-corrected chi connectivity index (χ2v) is 11.3. The molecule has 6 heteroatoms. The van der Waals surface area contributed by atoms with E-state index >= 15 is 0 Å². The normalized spacial score (nSPS) is 12.2. The summed E-state index contributed by atoms with van der Waals surface area (Å²) in [6.45, 7) is 31.5. The number of likely N-dealkylation sites (tertiary alicyclic amines) is 1. The third-order valence-corrected chi connectivity index (χ3v) is 6.58. The molecular weight excluding hydrogens is 619 g/mol. The molecule has 0 aromatic heterocycles. The Morgan fingerprint density at radius 2 is 1.42 bits per heavy atom. The Balaban J connectivity index is -0.000000134. The molecule has 4 nitrogen and oxygen atoms in total. The van der Waals surface area contributed by atoms with Crippen molar-refractivity contribution in [1.29, 1.82) is 5.41 Å². The average molecular weight is 696 g/mol. The molecule has 1 rings (SSSR count). The third kappa shape index (κ3) is 52.8. The largest absolute Gasteiger partial charge is 0.483 e. The smallest absolute Gasteiger partial charge is 0.290 e. The minimum atomic E-state index is -0.409. The van der Waals surface area contributed by atoms with Crippen molar-refractivity contribution in [3.8, 4) is 12.8 Å². The van der Waals surface area contributed by atoms with Gasteiger partial charge in [0, 0.05) is 11.2 Å². The van der Waals surface area contributed by atoms with E-state index in [1.165, 1.54) is 89.1 Å². The van der Waals surface area contributed by atoms with Gasteiger partial charge >= 0.3 is 0 Å². The van der Waals surface area contributed by atoms with E-state index in [0.717, 1.165) is 53.6 Å². The van der Waals surface area contributed by atoms with Crippen molar-refractivity contribution in [3.63, 3.8) is 0 Å². The van der Waals surface area contributed by atoms with E-state index in [1.807, 2.05) is 59.8 Å². The van der Waals surface area contributed by atoms with E-state index in [-0.39, 0.29) is 6.47 Å². The first-order chi connectivity index (χ1) is 23.0. The Labute approximate surface area is 303 Å². The van der Waals surface area contributed by atoms with Crippen LogP contribution in [0.5, 0.6) is 0 Å². The van der Waals surface area contributed by atoms with Gasteiger partial charge in [-0.15, -0.1) is 19.4 Å². The Morgan fingerprint density at radius 1 is 0.958 bits per heavy atom. The van der Waals surface area contributed by atoms with Crippen molar-refractivity contribution in [1.82, 2.24) is 4.90 Å². The number of allylic oxidation sites excluding steroid dienone is 9. The lowest BCUT2D eigenvalue weighted by atomic mass is 10.0. The van der Waals surface area contributed by atoms with Crippen LogP contribution < -0.4 is 0 Å². The number of carbonyl (C=O) groups is 1. The zero-order chi connectivity index (χ0) is 38.6. The fourth-order valence-corrected chi connectivity index (χ4v) is 3.95. The van der Waals surface area contributed by atoms with Crippen molar-refractivity contribution < 1.29 is 14.3 Å². The van der Waals surface area contributed by atoms with E-state index in [1.54, 1.807) is 0 Å². The molecule has 0 aliphatic carbocycles. The number of halogens is 2. The fourth-order valence-electron chi connectivity index (χ4n) is 3.89. The summed E-state index contributed by atoms with van der Waals surface area (Å²) in [6.07, 6.45) is 31.0. The standard InChI is InChI=1S/C17H32N2.C13H18ClF.C4H8.C3H8.C2H6.C2H2.CH2O2/c1-3-16(2)17(18)12-8-5-4-6-9-13-19-14-10-7-11-15-19;1-5-11(4)7-12(6-10(2)3)8-13(15)9-14;1-3-4-2;1-3-2;2*1-2;2-1-3/h18H,2-15H2,1H3;5-6,8-9H,7H2,1-4H3;3H,1,4H2,2H3;3H2,1-2H3;1-2H3;1-2H;1H,(H,2,3)/b;11-5+,12-8+,13-9-;;;;;. The number of unbranched alkanes of at least 4 members (excludes halogenated alkanes) is 4. The lowest BCUT2D eigenvalue weighted by Crippen LogP contribution is -2.30. The number of hydrogen-bond donors (Lipinski definition) is 2. The molecule has 0 aromatic carbocycles. The van der Waals surface area contributed by atoms with Gasteiger partial charge in [0.1, 0.15) is 5.83 Å². The van der Waals surface area contributed by atoms with Crippen LogP contribution in [0, 0.1) is 18.3 Å². The molecule has 0 spiro atoms. The highest BCUT2D eigenvalue weighted by molar-refractivity contribution is 6.25. The molecule has 0 unspecified atom stereocenters. The van der Waals surface area contributed by atoms with E-state index in [2.05, 4.69) is 58.6 Å². The van der Waals surface area contributed by atoms with Crippen LogP contribution in [0.1, 0.15) is 153 Å². The second kappa shape index (κ2) is 51.2. The summed E-state index contributed by atoms with van der Waals surface area (Å²) in [7, 11) is 0. The number of rotatable bonds is 15. The van der Waals surface area contributed by atoms with E-state index in [0.29, 0.717) is 0 Å². The molecule has 1 aliphatic heterocycles. The average Bonchev–Trinajstić information content (AvgIpc) is 3.10. The lowest BCUT2D eigenvalue weighted by molar-refractivity contribution is -0.122. The predicted molar refractivity (Wildman–Crippen MR) is 218 cm³/mol. The molecule has 0 radical (unpaired) electrons. The van der Waals surface area contributed by atoms with E-state index in [4.69, 9.17) is 26.9 Å². The quantitative estimate of drug-likeness (QED) is 0.0448. The van der Waals surface area contributed by atoms with Gasteiger partial charge in [-0.2, -0.15) is 0 Å². The Morgan fingerprint density at radius 3 is 1.81 bits per heavy atom. The van der Waals surface area contributed by atoms with Crippen molar-refractivity contribution in [2.75, 3.05) is 19.6 Å². The minimum Gasteiger partial charge on any atom is -0.483 e. The lowest BCUT2D eigenvalue weighted by Gasteiger charge is -2.26. The third-order valence-electron chi connectivity index (χ3n) is 6.37. The number of nitrogens with zero attached hydrogens (tertiary/aromatic N) is 1. The van der Waals surface area contributed by atoms with E-state index in [9.17, 15) is 4.39 Å². The van der Waals surface area contributed by atoms with Crippen molar-refractivity contribution in [2.24, 2.45) is 0 Å². The maximum atomic E-state index is 13.0. The summed E-state index contributed by atoms with van der Waals surface area (Å²) in [5.74, 6) is -0.409. The number of carboxylic acid groups (broad SMARTS) is 1. The van der Waals surface area contributed by atoms with E-state index < -0.39 is 5.83 Å². The summed E-state index contributed by atoms with van der Waals surface area (Å²) in [6, 6.07) is 0. The van der Waals surface area contributed by atoms with Gasteiger partial charge in [-0.05, 0) is 116 Å². The monoisotopic (exact) mass is 695 g/mol. The van der Waals surface area contributed by atoms with Gasteiger partial charge in [-0.3, -0.25) is 4.79 Å². The molecule has 1 fully saturated rings. The van der Waals surface area contributed by atoms with Crippen LogP contribution in [0.15, 0.2) is 71.1 Å². The van der Waals surface area contributed by atoms with Crippen LogP contribution in [-0.4, -0.2) is 41.8 Å². The molecule has 0 saturated carbocycles. The van der Waals surface area contributed by atoms with Crippen LogP contribution in [0.25, 0.3) is 0 Å². The summed E-state index contributed by atoms with van der Waals surface area (Å²) < 4.78 is 13.0. The van der Waals surface area contributed by atoms with Gasteiger partial charge in [-0.25, -0.2) is 4.39 Å². The predicted octanol–water partition coefficient (Wildman–Crippen LogP) is 14.1. The first kappa shape index (κ1) is 57.6. The van der Waals surface area contributed by atoms with Crippen LogP contribution in [0.3, 0.4) is 0 Å². The molecule has 1 saturated heterocycles. The van der Waals surface area contributed by atoms with Crippen LogP contribution in [0.4, 0.5) is 4.39 Å². The Hall–Kier alpha value is -2.68. The fraction of sp³-hybridized carbons (Fsp3) is 0.619. The van der Waals surface area contributed by atoms with Gasteiger partial charge in [0.25, 0.3) is 6.47 Å². The van der Waals surface area contributed by atoms with Crippen molar-refractivity contribution in [3.05, 3.63) is 71.1 Å². The molecule has 280 valence electrons. The summed E-state index contributed by atoms with van der Waals surface area (Å²) in [4.78, 5) is 11.0. The zero-order valence-electron chi connectivity index (χ0n) is 32.9. The number of terminal acetylenes is 1. The Bertz CT molecular complexity index is 875. The molecule has 1 heterocycles.